The van der Waals surface area contributed by atoms with Gasteiger partial charge in [-0.2, -0.15) is 0 Å². The standard InChI is InChI=1S/C25H33N3O6/c1-24(2,3)14-25(4,5)11-12-26-19(30)13-34-17-8-6-7-15-20(17)23(33)28(22(15)32)16-9-10-18(29)27-21(16)31/h6-8,16H,9-14H2,1-5H3,(H,26,30)(H,27,29,31). The molecule has 34 heavy (non-hydrogen) atoms. The summed E-state index contributed by atoms with van der Waals surface area (Å²) in [5.41, 5.74) is 0.391. The number of piperidine rings is 1. The van der Waals surface area contributed by atoms with Crippen LogP contribution in [0.4, 0.5) is 0 Å². The Bertz CT molecular complexity index is 1020. The maximum absolute atomic E-state index is 13.1. The first-order chi connectivity index (χ1) is 15.8. The summed E-state index contributed by atoms with van der Waals surface area (Å²) in [5, 5.41) is 5.00. The highest BCUT2D eigenvalue weighted by Gasteiger charge is 2.46. The molecule has 0 saturated carbocycles. The lowest BCUT2D eigenvalue weighted by molar-refractivity contribution is -0.136. The molecule has 0 radical (unpaired) electrons. The van der Waals surface area contributed by atoms with Crippen molar-refractivity contribution < 1.29 is 28.7 Å². The molecule has 2 aliphatic heterocycles. The van der Waals surface area contributed by atoms with Gasteiger partial charge in [-0.1, -0.05) is 40.7 Å². The van der Waals surface area contributed by atoms with Gasteiger partial charge in [0.1, 0.15) is 11.8 Å². The number of nitrogens with zero attached hydrogens (tertiary/aromatic N) is 1. The van der Waals surface area contributed by atoms with E-state index in [0.717, 1.165) is 17.7 Å². The van der Waals surface area contributed by atoms with Gasteiger partial charge in [-0.3, -0.25) is 34.2 Å². The molecule has 1 unspecified atom stereocenters. The molecule has 1 atom stereocenters. The lowest BCUT2D eigenvalue weighted by atomic mass is 9.74. The normalized spacial score (nSPS) is 18.6. The summed E-state index contributed by atoms with van der Waals surface area (Å²) in [4.78, 5) is 62.8. The Kier molecular flexibility index (Phi) is 7.14. The summed E-state index contributed by atoms with van der Waals surface area (Å²) in [6, 6.07) is 3.49. The fourth-order valence-corrected chi connectivity index (χ4v) is 4.86. The third-order valence-corrected chi connectivity index (χ3v) is 5.92. The Morgan fingerprint density at radius 3 is 2.47 bits per heavy atom. The second-order valence-electron chi connectivity index (χ2n) is 10.9. The Morgan fingerprint density at radius 2 is 1.82 bits per heavy atom. The molecule has 1 aromatic carbocycles. The number of fused-ring (bicyclic) bond motifs is 1. The third-order valence-electron chi connectivity index (χ3n) is 5.92. The Balaban J connectivity index is 1.61. The molecule has 0 aromatic heterocycles. The van der Waals surface area contributed by atoms with Crippen LogP contribution in [0.3, 0.4) is 0 Å². The van der Waals surface area contributed by atoms with Gasteiger partial charge in [0.25, 0.3) is 17.7 Å². The average Bonchev–Trinajstić information content (AvgIpc) is 2.96. The van der Waals surface area contributed by atoms with Crippen LogP contribution in [-0.2, 0) is 14.4 Å². The fourth-order valence-electron chi connectivity index (χ4n) is 4.86. The van der Waals surface area contributed by atoms with Crippen LogP contribution in [0.1, 0.15) is 81.0 Å². The molecule has 1 aromatic rings. The second kappa shape index (κ2) is 9.56. The largest absolute Gasteiger partial charge is 0.483 e. The molecule has 1 fully saturated rings. The maximum Gasteiger partial charge on any atom is 0.266 e. The molecule has 2 aliphatic rings. The van der Waals surface area contributed by atoms with Gasteiger partial charge in [0.15, 0.2) is 6.61 Å². The minimum Gasteiger partial charge on any atom is -0.483 e. The van der Waals surface area contributed by atoms with Gasteiger partial charge in [0.2, 0.25) is 11.8 Å². The van der Waals surface area contributed by atoms with E-state index in [0.29, 0.717) is 6.54 Å². The van der Waals surface area contributed by atoms with Crippen molar-refractivity contribution in [3.05, 3.63) is 29.3 Å². The first-order valence-electron chi connectivity index (χ1n) is 11.5. The lowest BCUT2D eigenvalue weighted by Crippen LogP contribution is -2.54. The molecule has 184 valence electrons. The number of hydrogen-bond donors (Lipinski definition) is 2. The SMILES string of the molecule is CC(C)(C)CC(C)(C)CCNC(=O)COc1cccc2c1C(=O)N(C1CCC(=O)NC1=O)C2=O. The van der Waals surface area contributed by atoms with Crippen LogP contribution < -0.4 is 15.4 Å². The van der Waals surface area contributed by atoms with Gasteiger partial charge in [0, 0.05) is 13.0 Å². The average molecular weight is 472 g/mol. The minimum absolute atomic E-state index is 0.0244. The Morgan fingerprint density at radius 1 is 1.12 bits per heavy atom. The summed E-state index contributed by atoms with van der Waals surface area (Å²) < 4.78 is 5.61. The highest BCUT2D eigenvalue weighted by molar-refractivity contribution is 6.24. The van der Waals surface area contributed by atoms with Gasteiger partial charge in [-0.05, 0) is 42.2 Å². The number of amides is 5. The van der Waals surface area contributed by atoms with Crippen LogP contribution in [0.15, 0.2) is 18.2 Å². The van der Waals surface area contributed by atoms with Gasteiger partial charge < -0.3 is 10.1 Å². The summed E-state index contributed by atoms with van der Waals surface area (Å²) in [7, 11) is 0. The van der Waals surface area contributed by atoms with Gasteiger partial charge in [-0.25, -0.2) is 0 Å². The topological polar surface area (TPSA) is 122 Å². The fraction of sp³-hybridized carbons (Fsp3) is 0.560. The molecule has 1 saturated heterocycles. The van der Waals surface area contributed by atoms with Crippen LogP contribution >= 0.6 is 0 Å². The van der Waals surface area contributed by atoms with Crippen molar-refractivity contribution in [3.8, 4) is 5.75 Å². The third kappa shape index (κ3) is 5.81. The van der Waals surface area contributed by atoms with Crippen molar-refractivity contribution >= 4 is 29.5 Å². The molecule has 2 N–H and O–H groups in total. The van der Waals surface area contributed by atoms with Crippen LogP contribution in [-0.4, -0.2) is 53.6 Å². The van der Waals surface area contributed by atoms with E-state index in [1.807, 2.05) is 0 Å². The summed E-state index contributed by atoms with van der Waals surface area (Å²) in [6.45, 7) is 11.1. The van der Waals surface area contributed by atoms with Crippen LogP contribution in [0, 0.1) is 10.8 Å². The van der Waals surface area contributed by atoms with Crippen molar-refractivity contribution in [2.24, 2.45) is 10.8 Å². The van der Waals surface area contributed by atoms with Crippen LogP contribution in [0.5, 0.6) is 5.75 Å². The summed E-state index contributed by atoms with van der Waals surface area (Å²) in [5.74, 6) is -2.63. The molecule has 5 amide bonds. The lowest BCUT2D eigenvalue weighted by Gasteiger charge is -2.32. The summed E-state index contributed by atoms with van der Waals surface area (Å²) in [6.07, 6.45) is 1.94. The number of rotatable bonds is 8. The van der Waals surface area contributed by atoms with Gasteiger partial charge in [-0.15, -0.1) is 0 Å². The van der Waals surface area contributed by atoms with Gasteiger partial charge in [0.05, 0.1) is 11.1 Å². The quantitative estimate of drug-likeness (QED) is 0.562. The number of nitrogens with one attached hydrogen (secondary N) is 2. The van der Waals surface area contributed by atoms with Crippen molar-refractivity contribution in [2.75, 3.05) is 13.2 Å². The monoisotopic (exact) mass is 471 g/mol. The minimum atomic E-state index is -1.06. The maximum atomic E-state index is 13.1. The number of ether oxygens (including phenoxy) is 1. The molecule has 2 heterocycles. The molecule has 0 bridgehead atoms. The van der Waals surface area contributed by atoms with Crippen LogP contribution in [0.25, 0.3) is 0 Å². The molecule has 0 spiro atoms. The number of carbonyl (C=O) groups excluding carboxylic acids is 5. The van der Waals surface area contributed by atoms with E-state index in [1.165, 1.54) is 12.1 Å². The van der Waals surface area contributed by atoms with Crippen molar-refractivity contribution in [1.82, 2.24) is 15.5 Å². The zero-order valence-corrected chi connectivity index (χ0v) is 20.4. The smallest absolute Gasteiger partial charge is 0.266 e. The van der Waals surface area contributed by atoms with Crippen molar-refractivity contribution in [1.29, 1.82) is 0 Å². The number of carbonyl (C=O) groups is 5. The number of benzene rings is 1. The second-order valence-corrected chi connectivity index (χ2v) is 10.9. The Hall–Kier alpha value is -3.23. The van der Waals surface area contributed by atoms with Crippen molar-refractivity contribution in [3.63, 3.8) is 0 Å². The van der Waals surface area contributed by atoms with E-state index in [2.05, 4.69) is 45.3 Å². The van der Waals surface area contributed by atoms with E-state index in [9.17, 15) is 24.0 Å². The van der Waals surface area contributed by atoms with E-state index in [-0.39, 0.29) is 53.1 Å². The zero-order valence-electron chi connectivity index (χ0n) is 20.4. The first kappa shape index (κ1) is 25.4. The highest BCUT2D eigenvalue weighted by Crippen LogP contribution is 2.35. The molecular weight excluding hydrogens is 438 g/mol. The van der Waals surface area contributed by atoms with E-state index in [1.54, 1.807) is 6.07 Å². The summed E-state index contributed by atoms with van der Waals surface area (Å²) >= 11 is 0. The van der Waals surface area contributed by atoms with Crippen LogP contribution in [0.2, 0.25) is 0 Å². The predicted octanol–water partition coefficient (Wildman–Crippen LogP) is 2.44. The molecule has 9 heteroatoms. The number of hydrogen-bond acceptors (Lipinski definition) is 6. The molecule has 0 aliphatic carbocycles. The first-order valence-corrected chi connectivity index (χ1v) is 11.5. The molecule has 3 rings (SSSR count). The van der Waals surface area contributed by atoms with E-state index >= 15 is 0 Å². The van der Waals surface area contributed by atoms with E-state index < -0.39 is 29.7 Å². The molecular formula is C25H33N3O6. The van der Waals surface area contributed by atoms with Gasteiger partial charge >= 0.3 is 0 Å². The highest BCUT2D eigenvalue weighted by atomic mass is 16.5. The number of imide groups is 2. The van der Waals surface area contributed by atoms with E-state index in [4.69, 9.17) is 4.74 Å². The zero-order chi connectivity index (χ0) is 25.3. The Labute approximate surface area is 199 Å². The van der Waals surface area contributed by atoms with Crippen molar-refractivity contribution in [2.45, 2.75) is 66.3 Å². The molecule has 9 nitrogen and oxygen atoms in total. The predicted molar refractivity (Wildman–Crippen MR) is 124 cm³/mol.